The molecule has 2 aromatic heterocycles. The van der Waals surface area contributed by atoms with Gasteiger partial charge in [0.05, 0.1) is 0 Å². The summed E-state index contributed by atoms with van der Waals surface area (Å²) >= 11 is 0. The van der Waals surface area contributed by atoms with E-state index in [2.05, 4.69) is 20.6 Å². The number of nitrogens with zero attached hydrogens (tertiary/aromatic N) is 4. The summed E-state index contributed by atoms with van der Waals surface area (Å²) in [5.74, 6) is 0.445. The second-order valence-corrected chi connectivity index (χ2v) is 6.05. The third-order valence-corrected chi connectivity index (χ3v) is 3.83. The van der Waals surface area contributed by atoms with Gasteiger partial charge in [-0.15, -0.1) is 10.2 Å². The molecule has 0 radical (unpaired) electrons. The van der Waals surface area contributed by atoms with Gasteiger partial charge < -0.3 is 5.32 Å². The highest BCUT2D eigenvalue weighted by atomic mass is 32.2. The zero-order valence-electron chi connectivity index (χ0n) is 10.7. The number of aryl methyl sites for hydroxylation is 1. The van der Waals surface area contributed by atoms with Crippen LogP contribution in [0.1, 0.15) is 19.5 Å². The van der Waals surface area contributed by atoms with Crippen LogP contribution in [-0.2, 0) is 9.84 Å². The van der Waals surface area contributed by atoms with Crippen LogP contribution in [0.3, 0.4) is 0 Å². The van der Waals surface area contributed by atoms with Gasteiger partial charge in [-0.1, -0.05) is 0 Å². The molecule has 0 aliphatic heterocycles. The van der Waals surface area contributed by atoms with Crippen molar-refractivity contribution in [1.29, 1.82) is 0 Å². The summed E-state index contributed by atoms with van der Waals surface area (Å²) in [6.07, 6.45) is 1.14. The number of hydrogen-bond donors (Lipinski definition) is 1. The zero-order valence-corrected chi connectivity index (χ0v) is 11.5. The molecule has 0 saturated carbocycles. The van der Waals surface area contributed by atoms with Crippen molar-refractivity contribution in [3.8, 4) is 0 Å². The lowest BCUT2D eigenvalue weighted by Gasteiger charge is -2.08. The molecule has 0 amide bonds. The predicted octanol–water partition coefficient (Wildman–Crippen LogP) is 0.822. The molecular weight excluding hydrogens is 254 g/mol. The summed E-state index contributed by atoms with van der Waals surface area (Å²) < 4.78 is 24.8. The van der Waals surface area contributed by atoms with Crippen molar-refractivity contribution in [3.05, 3.63) is 11.1 Å². The lowest BCUT2D eigenvalue weighted by Crippen LogP contribution is -2.11. The first-order valence-corrected chi connectivity index (χ1v) is 7.42. The number of anilines is 1. The van der Waals surface area contributed by atoms with E-state index in [-0.39, 0.29) is 6.45 Å². The van der Waals surface area contributed by atoms with Crippen molar-refractivity contribution in [1.82, 2.24) is 19.8 Å². The largest absolute Gasteiger partial charge is 0.353 e. The molecular formula is C10H17N5O2S. The molecule has 100 valence electrons. The molecule has 0 spiro atoms. The van der Waals surface area contributed by atoms with Gasteiger partial charge >= 0.3 is 0 Å². The van der Waals surface area contributed by atoms with Crippen LogP contribution in [0.5, 0.6) is 0 Å². The third-order valence-electron chi connectivity index (χ3n) is 2.74. The summed E-state index contributed by atoms with van der Waals surface area (Å²) in [4.78, 5) is 0. The Balaban J connectivity index is 0.00000180. The van der Waals surface area contributed by atoms with Gasteiger partial charge in [0.25, 0.3) is 0 Å². The number of nitrogens with one attached hydrogen (secondary N) is 1. The summed E-state index contributed by atoms with van der Waals surface area (Å²) in [5, 5.41) is 15.1. The minimum absolute atomic E-state index is 0. The Bertz CT molecular complexity index is 710. The summed E-state index contributed by atoms with van der Waals surface area (Å²) in [6.45, 7) is 6.11. The van der Waals surface area contributed by atoms with Crippen LogP contribution in [0.2, 0.25) is 0 Å². The van der Waals surface area contributed by atoms with E-state index in [0.29, 0.717) is 23.7 Å². The van der Waals surface area contributed by atoms with Crippen LogP contribution in [0.25, 0.3) is 5.65 Å². The average Bonchev–Trinajstić information content (AvgIpc) is 2.66. The van der Waals surface area contributed by atoms with Gasteiger partial charge in [-0.3, -0.25) is 0 Å². The smallest absolute Gasteiger partial charge is 0.246 e. The van der Waals surface area contributed by atoms with Crippen molar-refractivity contribution >= 4 is 21.4 Å². The standard InChI is InChI=1S/C10H15N5O2S.H2/c1-5-11-10-13-12-8-6(2)7(3)9(14-15(8)10)18(4,16)17;/h5H2,1-4H3,(H,11,13);1H. The van der Waals surface area contributed by atoms with Crippen LogP contribution in [0, 0.1) is 13.8 Å². The first-order chi connectivity index (χ1) is 8.36. The minimum Gasteiger partial charge on any atom is -0.353 e. The fraction of sp³-hybridized carbons (Fsp3) is 0.500. The number of hydrogen-bond acceptors (Lipinski definition) is 6. The molecule has 8 heteroatoms. The van der Waals surface area contributed by atoms with Crippen molar-refractivity contribution in [2.24, 2.45) is 0 Å². The third kappa shape index (κ3) is 1.92. The summed E-state index contributed by atoms with van der Waals surface area (Å²) in [5.41, 5.74) is 1.94. The average molecular weight is 271 g/mol. The number of aromatic nitrogens is 4. The molecule has 0 unspecified atom stereocenters. The van der Waals surface area contributed by atoms with Crippen molar-refractivity contribution in [2.75, 3.05) is 18.1 Å². The second-order valence-electron chi connectivity index (χ2n) is 4.12. The van der Waals surface area contributed by atoms with E-state index in [4.69, 9.17) is 0 Å². The van der Waals surface area contributed by atoms with Crippen LogP contribution >= 0.6 is 0 Å². The first-order valence-electron chi connectivity index (χ1n) is 5.52. The molecule has 0 fully saturated rings. The predicted molar refractivity (Wildman–Crippen MR) is 69.6 cm³/mol. The van der Waals surface area contributed by atoms with Crippen LogP contribution in [-0.4, -0.2) is 41.0 Å². The van der Waals surface area contributed by atoms with Gasteiger partial charge in [-0.2, -0.15) is 9.61 Å². The number of fused-ring (bicyclic) bond motifs is 1. The van der Waals surface area contributed by atoms with E-state index in [1.165, 1.54) is 4.52 Å². The number of sulfone groups is 1. The molecule has 2 heterocycles. The molecule has 2 aromatic rings. The normalized spacial score (nSPS) is 12.0. The first kappa shape index (κ1) is 12.7. The highest BCUT2D eigenvalue weighted by molar-refractivity contribution is 7.90. The molecule has 0 saturated heterocycles. The van der Waals surface area contributed by atoms with Crippen LogP contribution in [0.15, 0.2) is 5.03 Å². The highest BCUT2D eigenvalue weighted by Gasteiger charge is 2.20. The Hall–Kier alpha value is -1.70. The van der Waals surface area contributed by atoms with E-state index in [0.717, 1.165) is 11.8 Å². The van der Waals surface area contributed by atoms with E-state index >= 15 is 0 Å². The van der Waals surface area contributed by atoms with Crippen LogP contribution < -0.4 is 5.32 Å². The highest BCUT2D eigenvalue weighted by Crippen LogP contribution is 2.20. The van der Waals surface area contributed by atoms with Gasteiger partial charge in [-0.25, -0.2) is 8.42 Å². The molecule has 2 rings (SSSR count). The topological polar surface area (TPSA) is 89.2 Å². The van der Waals surface area contributed by atoms with Crippen molar-refractivity contribution in [3.63, 3.8) is 0 Å². The molecule has 0 atom stereocenters. The lowest BCUT2D eigenvalue weighted by molar-refractivity contribution is 0.593. The maximum absolute atomic E-state index is 11.7. The van der Waals surface area contributed by atoms with Crippen LogP contribution in [0.4, 0.5) is 5.95 Å². The Labute approximate surface area is 107 Å². The van der Waals surface area contributed by atoms with Gasteiger partial charge in [-0.05, 0) is 26.3 Å². The Kier molecular flexibility index (Phi) is 2.97. The Morgan fingerprint density at radius 3 is 2.50 bits per heavy atom. The molecule has 7 nitrogen and oxygen atoms in total. The maximum atomic E-state index is 11.7. The number of rotatable bonds is 3. The molecule has 1 N–H and O–H groups in total. The quantitative estimate of drug-likeness (QED) is 0.889. The summed E-state index contributed by atoms with van der Waals surface area (Å²) in [6, 6.07) is 0. The lowest BCUT2D eigenvalue weighted by atomic mass is 10.2. The maximum Gasteiger partial charge on any atom is 0.246 e. The Morgan fingerprint density at radius 2 is 1.94 bits per heavy atom. The van der Waals surface area contributed by atoms with E-state index in [1.54, 1.807) is 6.92 Å². The monoisotopic (exact) mass is 271 g/mol. The fourth-order valence-electron chi connectivity index (χ4n) is 1.72. The van der Waals surface area contributed by atoms with E-state index in [1.807, 2.05) is 13.8 Å². The van der Waals surface area contributed by atoms with E-state index in [9.17, 15) is 8.42 Å². The Morgan fingerprint density at radius 1 is 1.28 bits per heavy atom. The van der Waals surface area contributed by atoms with Gasteiger partial charge in [0.15, 0.2) is 20.5 Å². The molecule has 0 bridgehead atoms. The fourth-order valence-corrected chi connectivity index (χ4v) is 2.66. The van der Waals surface area contributed by atoms with Gasteiger partial charge in [0, 0.05) is 19.8 Å². The van der Waals surface area contributed by atoms with Gasteiger partial charge in [0.2, 0.25) is 5.95 Å². The van der Waals surface area contributed by atoms with Crippen molar-refractivity contribution < 1.29 is 9.84 Å². The minimum atomic E-state index is -3.37. The van der Waals surface area contributed by atoms with Crippen molar-refractivity contribution in [2.45, 2.75) is 25.8 Å². The second kappa shape index (κ2) is 4.20. The molecule has 0 aliphatic rings. The van der Waals surface area contributed by atoms with E-state index < -0.39 is 9.84 Å². The summed E-state index contributed by atoms with van der Waals surface area (Å²) in [7, 11) is -3.37. The molecule has 18 heavy (non-hydrogen) atoms. The zero-order chi connectivity index (χ0) is 13.5. The SMILES string of the molecule is CCNc1nnc2c(C)c(C)c(S(C)(=O)=O)nn12.[HH]. The van der Waals surface area contributed by atoms with Gasteiger partial charge in [0.1, 0.15) is 0 Å². The molecule has 0 aliphatic carbocycles. The molecule has 0 aromatic carbocycles.